The lowest BCUT2D eigenvalue weighted by molar-refractivity contribution is -0.311. The van der Waals surface area contributed by atoms with Crippen molar-refractivity contribution < 1.29 is 43.9 Å². The summed E-state index contributed by atoms with van der Waals surface area (Å²) in [5.41, 5.74) is 0. The van der Waals surface area contributed by atoms with Crippen LogP contribution in [-0.2, 0) is 0 Å². The molecule has 0 aromatic rings. The lowest BCUT2D eigenvalue weighted by Gasteiger charge is -2.32. The summed E-state index contributed by atoms with van der Waals surface area (Å²) in [6.45, 7) is 0.621. The first-order chi connectivity index (χ1) is 9.71. The Bertz CT molecular complexity index is 337. The second kappa shape index (κ2) is 7.25. The smallest absolute Gasteiger partial charge is 0.204 e. The molecule has 0 fully saturated rings. The Labute approximate surface area is 120 Å². The van der Waals surface area contributed by atoms with Crippen LogP contribution in [0, 0.1) is 0 Å². The summed E-state index contributed by atoms with van der Waals surface area (Å²) < 4.78 is 127. The van der Waals surface area contributed by atoms with Crippen molar-refractivity contribution in [1.29, 1.82) is 0 Å². The number of hydrogen-bond acceptors (Lipinski definition) is 0. The summed E-state index contributed by atoms with van der Waals surface area (Å²) >= 11 is 0. The summed E-state index contributed by atoms with van der Waals surface area (Å²) in [6.07, 6.45) is -10.2. The topological polar surface area (TPSA) is 0 Å². The second-order valence-corrected chi connectivity index (χ2v) is 4.96. The molecule has 22 heavy (non-hydrogen) atoms. The summed E-state index contributed by atoms with van der Waals surface area (Å²) in [5.74, 6) is -19.8. The van der Waals surface area contributed by atoms with E-state index in [1.165, 1.54) is 0 Å². The fourth-order valence-corrected chi connectivity index (χ4v) is 1.64. The van der Waals surface area contributed by atoms with Crippen LogP contribution in [0.5, 0.6) is 0 Å². The van der Waals surface area contributed by atoms with Gasteiger partial charge in [-0.3, -0.25) is 0 Å². The van der Waals surface area contributed by atoms with Crippen LogP contribution < -0.4 is 0 Å². The molecule has 0 N–H and O–H groups in total. The first-order valence-electron chi connectivity index (χ1n) is 6.50. The molecule has 0 spiro atoms. The predicted octanol–water partition coefficient (Wildman–Crippen LogP) is 6.15. The summed E-state index contributed by atoms with van der Waals surface area (Å²) in [6, 6.07) is 0. The van der Waals surface area contributed by atoms with Crippen molar-refractivity contribution in [1.82, 2.24) is 0 Å². The molecule has 0 aliphatic rings. The van der Waals surface area contributed by atoms with Crippen molar-refractivity contribution >= 4 is 0 Å². The van der Waals surface area contributed by atoms with E-state index in [1.54, 1.807) is 0 Å². The monoisotopic (exact) mass is 350 g/mol. The number of halogens is 10. The average Bonchev–Trinajstić information content (AvgIpc) is 2.37. The van der Waals surface area contributed by atoms with E-state index in [-0.39, 0.29) is 0 Å². The van der Waals surface area contributed by atoms with E-state index in [2.05, 4.69) is 0 Å². The van der Waals surface area contributed by atoms with Gasteiger partial charge in [-0.25, -0.2) is 17.6 Å². The average molecular weight is 350 g/mol. The Morgan fingerprint density at radius 2 is 1.14 bits per heavy atom. The zero-order valence-electron chi connectivity index (χ0n) is 11.6. The van der Waals surface area contributed by atoms with Crippen LogP contribution in [0.3, 0.4) is 0 Å². The van der Waals surface area contributed by atoms with Crippen LogP contribution in [0.25, 0.3) is 0 Å². The first kappa shape index (κ1) is 21.3. The maximum atomic E-state index is 13.2. The molecule has 0 saturated heterocycles. The third-order valence-electron chi connectivity index (χ3n) is 3.18. The van der Waals surface area contributed by atoms with Crippen LogP contribution in [0.15, 0.2) is 0 Å². The Morgan fingerprint density at radius 3 is 1.55 bits per heavy atom. The molecule has 0 atom stereocenters. The normalized spacial score (nSPS) is 14.7. The van der Waals surface area contributed by atoms with Gasteiger partial charge in [0.05, 0.1) is 0 Å². The van der Waals surface area contributed by atoms with Crippen LogP contribution >= 0.6 is 0 Å². The maximum Gasteiger partial charge on any atom is 0.371 e. The molecule has 0 unspecified atom stereocenters. The standard InChI is InChI=1S/C12H16F10/c1-2-10(17,18)12(21,22)11(19,20)7-5-3-4-6-9(15,16)8(13)14/h8H,2-7H2,1H3. The highest BCUT2D eigenvalue weighted by Crippen LogP contribution is 2.49. The lowest BCUT2D eigenvalue weighted by atomic mass is 9.97. The minimum absolute atomic E-state index is 0.480. The van der Waals surface area contributed by atoms with Crippen LogP contribution in [0.2, 0.25) is 0 Å². The van der Waals surface area contributed by atoms with Gasteiger partial charge in [0, 0.05) is 19.3 Å². The zero-order valence-corrected chi connectivity index (χ0v) is 11.6. The molecular formula is C12H16F10. The minimum atomic E-state index is -5.57. The minimum Gasteiger partial charge on any atom is -0.204 e. The number of unbranched alkanes of at least 4 members (excludes halogenated alkanes) is 2. The molecule has 0 radical (unpaired) electrons. The second-order valence-electron chi connectivity index (χ2n) is 4.96. The highest BCUT2D eigenvalue weighted by atomic mass is 19.3. The molecule has 134 valence electrons. The fourth-order valence-electron chi connectivity index (χ4n) is 1.64. The maximum absolute atomic E-state index is 13.2. The van der Waals surface area contributed by atoms with Gasteiger partial charge >= 0.3 is 30.1 Å². The van der Waals surface area contributed by atoms with Gasteiger partial charge < -0.3 is 0 Å². The third-order valence-corrected chi connectivity index (χ3v) is 3.18. The van der Waals surface area contributed by atoms with Gasteiger partial charge in [0.1, 0.15) is 0 Å². The van der Waals surface area contributed by atoms with E-state index in [0.717, 1.165) is 0 Å². The number of alkyl halides is 10. The van der Waals surface area contributed by atoms with Gasteiger partial charge in [-0.05, 0) is 12.8 Å². The van der Waals surface area contributed by atoms with E-state index in [1.807, 2.05) is 0 Å². The summed E-state index contributed by atoms with van der Waals surface area (Å²) in [7, 11) is 0. The van der Waals surface area contributed by atoms with Gasteiger partial charge in [-0.2, -0.15) is 26.3 Å². The fraction of sp³-hybridized carbons (Fsp3) is 1.00. The highest BCUT2D eigenvalue weighted by Gasteiger charge is 2.69. The van der Waals surface area contributed by atoms with Crippen molar-refractivity contribution in [2.45, 2.75) is 75.6 Å². The Hall–Kier alpha value is -0.700. The van der Waals surface area contributed by atoms with Gasteiger partial charge in [0.2, 0.25) is 0 Å². The zero-order chi connectivity index (χ0) is 17.8. The molecule has 10 heteroatoms. The van der Waals surface area contributed by atoms with Crippen LogP contribution in [0.4, 0.5) is 43.9 Å². The molecule has 0 aromatic heterocycles. The molecule has 0 bridgehead atoms. The van der Waals surface area contributed by atoms with Crippen LogP contribution in [-0.4, -0.2) is 30.1 Å². The van der Waals surface area contributed by atoms with E-state index < -0.39 is 68.6 Å². The molecule has 0 aliphatic heterocycles. The van der Waals surface area contributed by atoms with Crippen molar-refractivity contribution in [3.63, 3.8) is 0 Å². The van der Waals surface area contributed by atoms with E-state index >= 15 is 0 Å². The molecule has 0 aromatic carbocycles. The molecule has 0 aliphatic carbocycles. The SMILES string of the molecule is CCC(F)(F)C(F)(F)C(F)(F)CCCCCC(F)(F)C(F)F. The summed E-state index contributed by atoms with van der Waals surface area (Å²) in [4.78, 5) is 0. The molecule has 0 nitrogen and oxygen atoms in total. The Morgan fingerprint density at radius 1 is 0.682 bits per heavy atom. The molecule has 0 rings (SSSR count). The van der Waals surface area contributed by atoms with Crippen molar-refractivity contribution in [3.05, 3.63) is 0 Å². The van der Waals surface area contributed by atoms with Crippen molar-refractivity contribution in [2.75, 3.05) is 0 Å². The van der Waals surface area contributed by atoms with Crippen molar-refractivity contribution in [3.8, 4) is 0 Å². The lowest BCUT2D eigenvalue weighted by Crippen LogP contribution is -2.53. The Kier molecular flexibility index (Phi) is 7.02. The van der Waals surface area contributed by atoms with E-state index in [9.17, 15) is 43.9 Å². The van der Waals surface area contributed by atoms with E-state index in [4.69, 9.17) is 0 Å². The largest absolute Gasteiger partial charge is 0.371 e. The molecular weight excluding hydrogens is 334 g/mol. The predicted molar refractivity (Wildman–Crippen MR) is 59.2 cm³/mol. The first-order valence-corrected chi connectivity index (χ1v) is 6.50. The molecule has 0 heterocycles. The van der Waals surface area contributed by atoms with Crippen molar-refractivity contribution in [2.24, 2.45) is 0 Å². The van der Waals surface area contributed by atoms with Gasteiger partial charge in [-0.1, -0.05) is 13.3 Å². The van der Waals surface area contributed by atoms with E-state index in [0.29, 0.717) is 6.92 Å². The molecule has 0 saturated carbocycles. The van der Waals surface area contributed by atoms with Gasteiger partial charge in [0.15, 0.2) is 0 Å². The summed E-state index contributed by atoms with van der Waals surface area (Å²) in [5, 5.41) is 0. The van der Waals surface area contributed by atoms with Crippen LogP contribution in [0.1, 0.15) is 45.4 Å². The third kappa shape index (κ3) is 4.91. The van der Waals surface area contributed by atoms with Gasteiger partial charge in [0.25, 0.3) is 0 Å². The number of rotatable bonds is 10. The quantitative estimate of drug-likeness (QED) is 0.327. The highest BCUT2D eigenvalue weighted by molar-refractivity contribution is 4.95. The van der Waals surface area contributed by atoms with Gasteiger partial charge in [-0.15, -0.1) is 0 Å². The molecule has 0 amide bonds. The number of hydrogen-bond donors (Lipinski definition) is 0. The Balaban J connectivity index is 4.41.